The highest BCUT2D eigenvalue weighted by Gasteiger charge is 2.13. The molecule has 20 heavy (non-hydrogen) atoms. The maximum atomic E-state index is 5.60. The van der Waals surface area contributed by atoms with Gasteiger partial charge >= 0.3 is 0 Å². The smallest absolute Gasteiger partial charge is 0.0933 e. The zero-order chi connectivity index (χ0) is 14.5. The van der Waals surface area contributed by atoms with E-state index in [4.69, 9.17) is 4.84 Å². The molecule has 0 aliphatic carbocycles. The molecule has 2 rings (SSSR count). The van der Waals surface area contributed by atoms with Crippen LogP contribution in [0.3, 0.4) is 0 Å². The number of aryl methyl sites for hydroxylation is 3. The van der Waals surface area contributed by atoms with E-state index < -0.39 is 0 Å². The van der Waals surface area contributed by atoms with Gasteiger partial charge in [0.25, 0.3) is 0 Å². The first-order valence-corrected chi connectivity index (χ1v) is 6.94. The second-order valence-electron chi connectivity index (χ2n) is 5.19. The summed E-state index contributed by atoms with van der Waals surface area (Å²) >= 11 is 0. The molecule has 0 spiro atoms. The molecular weight excluding hydrogens is 248 g/mol. The molecule has 1 N–H and O–H groups in total. The zero-order valence-electron chi connectivity index (χ0n) is 12.6. The minimum absolute atomic E-state index is 0.117. The fraction of sp³-hybridized carbons (Fsp3) is 0.353. The van der Waals surface area contributed by atoms with Gasteiger partial charge in [-0.05, 0) is 50.5 Å². The third-order valence-electron chi connectivity index (χ3n) is 3.36. The summed E-state index contributed by atoms with van der Waals surface area (Å²) in [4.78, 5) is 10.1. The number of pyridine rings is 1. The summed E-state index contributed by atoms with van der Waals surface area (Å²) in [5.41, 5.74) is 8.84. The molecule has 106 valence electrons. The van der Waals surface area contributed by atoms with E-state index in [1.165, 1.54) is 11.1 Å². The van der Waals surface area contributed by atoms with E-state index in [0.29, 0.717) is 6.61 Å². The Kier molecular flexibility index (Phi) is 4.88. The molecule has 0 amide bonds. The van der Waals surface area contributed by atoms with Crippen LogP contribution in [-0.4, -0.2) is 4.98 Å². The Balaban J connectivity index is 1.97. The van der Waals surface area contributed by atoms with Crippen molar-refractivity contribution in [2.75, 3.05) is 0 Å². The van der Waals surface area contributed by atoms with E-state index in [2.05, 4.69) is 42.5 Å². The first-order chi connectivity index (χ1) is 9.58. The van der Waals surface area contributed by atoms with Crippen molar-refractivity contribution in [3.63, 3.8) is 0 Å². The first kappa shape index (κ1) is 14.7. The largest absolute Gasteiger partial charge is 0.296 e. The van der Waals surface area contributed by atoms with Crippen LogP contribution in [0, 0.1) is 20.8 Å². The maximum absolute atomic E-state index is 5.60. The summed E-state index contributed by atoms with van der Waals surface area (Å²) < 4.78 is 0. The van der Waals surface area contributed by atoms with E-state index in [9.17, 15) is 0 Å². The maximum Gasteiger partial charge on any atom is 0.0933 e. The molecule has 0 saturated heterocycles. The highest BCUT2D eigenvalue weighted by molar-refractivity contribution is 5.33. The molecule has 0 bridgehead atoms. The van der Waals surface area contributed by atoms with Gasteiger partial charge in [0.15, 0.2) is 0 Å². The van der Waals surface area contributed by atoms with Crippen LogP contribution in [0.2, 0.25) is 0 Å². The lowest BCUT2D eigenvalue weighted by Gasteiger charge is -2.18. The number of nitrogens with zero attached hydrogens (tertiary/aromatic N) is 1. The van der Waals surface area contributed by atoms with Gasteiger partial charge < -0.3 is 0 Å². The van der Waals surface area contributed by atoms with Gasteiger partial charge in [0.1, 0.15) is 0 Å². The topological polar surface area (TPSA) is 34.1 Å². The molecule has 1 atom stereocenters. The van der Waals surface area contributed by atoms with Crippen molar-refractivity contribution in [2.45, 2.75) is 40.3 Å². The molecule has 0 fully saturated rings. The number of benzene rings is 1. The van der Waals surface area contributed by atoms with Gasteiger partial charge in [-0.25, -0.2) is 0 Å². The van der Waals surface area contributed by atoms with Gasteiger partial charge in [-0.2, -0.15) is 5.48 Å². The molecule has 1 heterocycles. The van der Waals surface area contributed by atoms with Crippen molar-refractivity contribution in [2.24, 2.45) is 0 Å². The molecular formula is C17H22N2O. The summed E-state index contributed by atoms with van der Waals surface area (Å²) in [5, 5.41) is 0. The lowest BCUT2D eigenvalue weighted by Crippen LogP contribution is -2.21. The van der Waals surface area contributed by atoms with E-state index in [1.54, 1.807) is 0 Å². The number of hydroxylamine groups is 1. The Morgan fingerprint density at radius 1 is 1.15 bits per heavy atom. The van der Waals surface area contributed by atoms with Crippen molar-refractivity contribution in [1.82, 2.24) is 10.5 Å². The van der Waals surface area contributed by atoms with E-state index in [1.807, 2.05) is 32.0 Å². The van der Waals surface area contributed by atoms with Crippen LogP contribution in [0.15, 0.2) is 36.4 Å². The van der Waals surface area contributed by atoms with Crippen molar-refractivity contribution < 1.29 is 4.84 Å². The number of hydrogen-bond donors (Lipinski definition) is 1. The highest BCUT2D eigenvalue weighted by Crippen LogP contribution is 2.21. The van der Waals surface area contributed by atoms with Crippen molar-refractivity contribution in [3.05, 3.63) is 64.5 Å². The van der Waals surface area contributed by atoms with Crippen molar-refractivity contribution in [1.29, 1.82) is 0 Å². The van der Waals surface area contributed by atoms with Gasteiger partial charge in [0.2, 0.25) is 0 Å². The lowest BCUT2D eigenvalue weighted by molar-refractivity contribution is 0.00665. The predicted molar refractivity (Wildman–Crippen MR) is 81.2 cm³/mol. The Labute approximate surface area is 121 Å². The average molecular weight is 270 g/mol. The van der Waals surface area contributed by atoms with Crippen LogP contribution >= 0.6 is 0 Å². The molecule has 1 unspecified atom stereocenters. The minimum Gasteiger partial charge on any atom is -0.296 e. The van der Waals surface area contributed by atoms with E-state index in [-0.39, 0.29) is 6.04 Å². The average Bonchev–Trinajstić information content (AvgIpc) is 2.38. The Hall–Kier alpha value is -1.71. The summed E-state index contributed by atoms with van der Waals surface area (Å²) in [6.45, 7) is 8.84. The van der Waals surface area contributed by atoms with Crippen LogP contribution in [0.25, 0.3) is 0 Å². The standard InChI is InChI=1S/C17H22N2O/c1-12-10-13(2)18-14(3)17(12)15(4)19-20-11-16-8-6-5-7-9-16/h5-10,15,19H,11H2,1-4H3. The normalized spacial score (nSPS) is 12.4. The third kappa shape index (κ3) is 3.65. The molecule has 3 heteroatoms. The summed E-state index contributed by atoms with van der Waals surface area (Å²) in [6.07, 6.45) is 0. The quantitative estimate of drug-likeness (QED) is 0.839. The Morgan fingerprint density at radius 3 is 2.50 bits per heavy atom. The van der Waals surface area contributed by atoms with Gasteiger partial charge in [0.05, 0.1) is 12.6 Å². The highest BCUT2D eigenvalue weighted by atomic mass is 16.6. The molecule has 0 saturated carbocycles. The van der Waals surface area contributed by atoms with Crippen LogP contribution in [-0.2, 0) is 11.4 Å². The molecule has 0 radical (unpaired) electrons. The summed E-state index contributed by atoms with van der Waals surface area (Å²) in [5.74, 6) is 0. The van der Waals surface area contributed by atoms with Crippen molar-refractivity contribution in [3.8, 4) is 0 Å². The monoisotopic (exact) mass is 270 g/mol. The summed E-state index contributed by atoms with van der Waals surface area (Å²) in [6, 6.07) is 12.4. The Bertz CT molecular complexity index is 543. The van der Waals surface area contributed by atoms with Gasteiger partial charge in [-0.3, -0.25) is 9.82 Å². The molecule has 3 nitrogen and oxygen atoms in total. The number of nitrogens with one attached hydrogen (secondary N) is 1. The molecule has 2 aromatic rings. The first-order valence-electron chi connectivity index (χ1n) is 6.94. The van der Waals surface area contributed by atoms with Crippen LogP contribution in [0.1, 0.15) is 41.0 Å². The molecule has 0 aliphatic rings. The third-order valence-corrected chi connectivity index (χ3v) is 3.36. The number of rotatable bonds is 5. The van der Waals surface area contributed by atoms with Gasteiger partial charge in [-0.1, -0.05) is 30.3 Å². The zero-order valence-corrected chi connectivity index (χ0v) is 12.6. The van der Waals surface area contributed by atoms with Gasteiger partial charge in [-0.15, -0.1) is 0 Å². The SMILES string of the molecule is Cc1cc(C)c(C(C)NOCc2ccccc2)c(C)n1. The number of hydrogen-bond acceptors (Lipinski definition) is 3. The lowest BCUT2D eigenvalue weighted by atomic mass is 10.0. The van der Waals surface area contributed by atoms with E-state index in [0.717, 1.165) is 17.0 Å². The van der Waals surface area contributed by atoms with Crippen LogP contribution in [0.5, 0.6) is 0 Å². The van der Waals surface area contributed by atoms with Crippen LogP contribution in [0.4, 0.5) is 0 Å². The fourth-order valence-corrected chi connectivity index (χ4v) is 2.57. The number of aromatic nitrogens is 1. The van der Waals surface area contributed by atoms with Crippen molar-refractivity contribution >= 4 is 0 Å². The second-order valence-corrected chi connectivity index (χ2v) is 5.19. The molecule has 0 aliphatic heterocycles. The predicted octanol–water partition coefficient (Wildman–Crippen LogP) is 3.79. The Morgan fingerprint density at radius 2 is 1.85 bits per heavy atom. The minimum atomic E-state index is 0.117. The van der Waals surface area contributed by atoms with Gasteiger partial charge in [0, 0.05) is 11.4 Å². The molecule has 1 aromatic carbocycles. The summed E-state index contributed by atoms with van der Waals surface area (Å²) in [7, 11) is 0. The second kappa shape index (κ2) is 6.64. The van der Waals surface area contributed by atoms with E-state index >= 15 is 0 Å². The molecule has 1 aromatic heterocycles. The van der Waals surface area contributed by atoms with Crippen LogP contribution < -0.4 is 5.48 Å². The fourth-order valence-electron chi connectivity index (χ4n) is 2.57.